The van der Waals surface area contributed by atoms with E-state index in [9.17, 15) is 5.11 Å². The van der Waals surface area contributed by atoms with Gasteiger partial charge >= 0.3 is 0 Å². The molecule has 1 saturated heterocycles. The van der Waals surface area contributed by atoms with Gasteiger partial charge in [-0.15, -0.1) is 0 Å². The maximum atomic E-state index is 15.6. The zero-order valence-electron chi connectivity index (χ0n) is 19.9. The second-order valence-corrected chi connectivity index (χ2v) is 11.6. The number of piperidine rings is 1. The molecule has 1 aliphatic heterocycles. The number of fused-ring (bicyclic) bond motifs is 5. The maximum absolute atomic E-state index is 15.6. The third kappa shape index (κ3) is 3.58. The van der Waals surface area contributed by atoms with Crippen molar-refractivity contribution in [2.75, 3.05) is 20.2 Å². The van der Waals surface area contributed by atoms with E-state index >= 15 is 4.39 Å². The Morgan fingerprint density at radius 1 is 0.969 bits per heavy atom. The van der Waals surface area contributed by atoms with Crippen LogP contribution in [0.2, 0.25) is 0 Å². The van der Waals surface area contributed by atoms with Crippen molar-refractivity contribution in [3.05, 3.63) is 0 Å². The molecule has 0 bridgehead atoms. The number of aliphatic hydroxyl groups excluding tert-OH is 1. The van der Waals surface area contributed by atoms with Crippen molar-refractivity contribution in [1.29, 1.82) is 0 Å². The van der Waals surface area contributed by atoms with Crippen molar-refractivity contribution in [3.8, 4) is 0 Å². The van der Waals surface area contributed by atoms with Gasteiger partial charge < -0.3 is 20.1 Å². The predicted octanol–water partition coefficient (Wildman–Crippen LogP) is 4.07. The molecular formula is C25H40FN3O3. The van der Waals surface area contributed by atoms with E-state index in [2.05, 4.69) is 29.5 Å². The molecule has 0 aromatic carbocycles. The van der Waals surface area contributed by atoms with Gasteiger partial charge in [-0.1, -0.05) is 24.2 Å². The van der Waals surface area contributed by atoms with Crippen molar-refractivity contribution in [2.24, 2.45) is 44.8 Å². The fourth-order valence-corrected chi connectivity index (χ4v) is 8.23. The Labute approximate surface area is 191 Å². The van der Waals surface area contributed by atoms with Gasteiger partial charge in [-0.3, -0.25) is 0 Å². The van der Waals surface area contributed by atoms with Gasteiger partial charge in [0.05, 0.1) is 17.5 Å². The summed E-state index contributed by atoms with van der Waals surface area (Å²) in [5.41, 5.74) is 1.43. The standard InChI is InChI=1S/C25H40FN3O3/c1-24-9-6-18-16(17(24)4-5-23(24)30)12-21(28-31-3)19-13-22(20(26)14-25(18,19)2)29-32-15-7-10-27-11-8-15/h15-20,23,27,30H,4-14H2,1-3H3/b28-21+,29-22+/t16-,17-,18-,19?,20+,23-,24-,25+/m0/s1. The van der Waals surface area contributed by atoms with E-state index in [4.69, 9.17) is 9.68 Å². The van der Waals surface area contributed by atoms with Crippen molar-refractivity contribution >= 4 is 11.4 Å². The van der Waals surface area contributed by atoms with Crippen LogP contribution in [0.15, 0.2) is 10.3 Å². The molecule has 0 aromatic heterocycles. The van der Waals surface area contributed by atoms with Crippen LogP contribution in [0.5, 0.6) is 0 Å². The molecule has 4 saturated carbocycles. The Bertz CT molecular complexity index is 770. The van der Waals surface area contributed by atoms with Gasteiger partial charge in [0.1, 0.15) is 19.4 Å². The lowest BCUT2D eigenvalue weighted by atomic mass is 9.44. The van der Waals surface area contributed by atoms with Crippen LogP contribution in [0.4, 0.5) is 4.39 Å². The number of nitrogens with one attached hydrogen (secondary N) is 1. The van der Waals surface area contributed by atoms with E-state index in [1.165, 1.54) is 0 Å². The Morgan fingerprint density at radius 2 is 1.72 bits per heavy atom. The zero-order valence-corrected chi connectivity index (χ0v) is 19.9. The Balaban J connectivity index is 1.41. The lowest BCUT2D eigenvalue weighted by Crippen LogP contribution is -2.58. The molecule has 2 N–H and O–H groups in total. The lowest BCUT2D eigenvalue weighted by molar-refractivity contribution is -0.0900. The lowest BCUT2D eigenvalue weighted by Gasteiger charge is -2.60. The molecule has 32 heavy (non-hydrogen) atoms. The van der Waals surface area contributed by atoms with Crippen LogP contribution in [-0.4, -0.2) is 55.1 Å². The van der Waals surface area contributed by atoms with E-state index in [0.29, 0.717) is 36.3 Å². The average Bonchev–Trinajstić information content (AvgIpc) is 3.08. The summed E-state index contributed by atoms with van der Waals surface area (Å²) in [6.07, 6.45) is 6.62. The summed E-state index contributed by atoms with van der Waals surface area (Å²) in [5, 5.41) is 22.9. The molecule has 6 nitrogen and oxygen atoms in total. The average molecular weight is 450 g/mol. The second kappa shape index (κ2) is 8.53. The minimum absolute atomic E-state index is 0.0123. The van der Waals surface area contributed by atoms with Crippen LogP contribution in [-0.2, 0) is 9.68 Å². The summed E-state index contributed by atoms with van der Waals surface area (Å²) in [7, 11) is 1.61. The smallest absolute Gasteiger partial charge is 0.142 e. The highest BCUT2D eigenvalue weighted by Crippen LogP contribution is 2.65. The number of hydrogen-bond acceptors (Lipinski definition) is 6. The number of aliphatic hydroxyl groups is 1. The molecule has 0 aromatic rings. The van der Waals surface area contributed by atoms with Gasteiger partial charge in [0, 0.05) is 12.3 Å². The highest BCUT2D eigenvalue weighted by Gasteiger charge is 2.62. The number of hydrogen-bond donors (Lipinski definition) is 2. The van der Waals surface area contributed by atoms with Gasteiger partial charge in [-0.2, -0.15) is 0 Å². The monoisotopic (exact) mass is 449 g/mol. The predicted molar refractivity (Wildman–Crippen MR) is 122 cm³/mol. The summed E-state index contributed by atoms with van der Waals surface area (Å²) in [6.45, 7) is 6.41. The number of oxime groups is 2. The van der Waals surface area contributed by atoms with Crippen molar-refractivity contribution in [2.45, 2.75) is 90.0 Å². The number of rotatable bonds is 3. The summed E-state index contributed by atoms with van der Waals surface area (Å²) in [4.78, 5) is 11.1. The van der Waals surface area contributed by atoms with Crippen LogP contribution < -0.4 is 5.32 Å². The summed E-state index contributed by atoms with van der Waals surface area (Å²) < 4.78 is 15.6. The Morgan fingerprint density at radius 3 is 2.47 bits per heavy atom. The molecule has 180 valence electrons. The number of halogens is 1. The largest absolute Gasteiger partial charge is 0.399 e. The summed E-state index contributed by atoms with van der Waals surface area (Å²) >= 11 is 0. The fraction of sp³-hybridized carbons (Fsp3) is 0.920. The van der Waals surface area contributed by atoms with Crippen LogP contribution in [0.1, 0.15) is 71.6 Å². The molecule has 5 rings (SSSR count). The van der Waals surface area contributed by atoms with Crippen LogP contribution in [0.3, 0.4) is 0 Å². The number of nitrogens with zero attached hydrogens (tertiary/aromatic N) is 2. The maximum Gasteiger partial charge on any atom is 0.142 e. The van der Waals surface area contributed by atoms with E-state index in [1.54, 1.807) is 7.11 Å². The topological polar surface area (TPSA) is 75.4 Å². The minimum atomic E-state index is -1.07. The highest BCUT2D eigenvalue weighted by molar-refractivity contribution is 5.97. The number of alkyl halides is 1. The molecule has 0 radical (unpaired) electrons. The molecule has 5 aliphatic rings. The van der Waals surface area contributed by atoms with E-state index < -0.39 is 6.17 Å². The molecule has 5 fully saturated rings. The first-order valence-corrected chi connectivity index (χ1v) is 12.7. The Hall–Kier alpha value is -1.21. The van der Waals surface area contributed by atoms with Gasteiger partial charge in [0.2, 0.25) is 0 Å². The van der Waals surface area contributed by atoms with E-state index in [-0.39, 0.29) is 29.0 Å². The molecule has 0 amide bonds. The molecule has 7 heteroatoms. The SMILES string of the molecule is CO/N=C1\C[C@H]2[C@@H]3CC[C@H](O)[C@@]3(C)CC[C@@H]2[C@@]2(C)C[C@@H](F)/C(=N/OC3CCNCC3)CC12. The van der Waals surface area contributed by atoms with E-state index in [0.717, 1.165) is 63.7 Å². The summed E-state index contributed by atoms with van der Waals surface area (Å²) in [5.74, 6) is 1.52. The molecule has 1 unspecified atom stereocenters. The zero-order chi connectivity index (χ0) is 22.5. The molecule has 4 aliphatic carbocycles. The van der Waals surface area contributed by atoms with Gasteiger partial charge in [-0.05, 0) is 93.0 Å². The third-order valence-electron chi connectivity index (χ3n) is 10.1. The molecule has 1 heterocycles. The van der Waals surface area contributed by atoms with Crippen LogP contribution in [0, 0.1) is 34.5 Å². The van der Waals surface area contributed by atoms with Crippen molar-refractivity contribution < 1.29 is 19.2 Å². The van der Waals surface area contributed by atoms with Gasteiger partial charge in [0.25, 0.3) is 0 Å². The Kier molecular flexibility index (Phi) is 6.02. The first kappa shape index (κ1) is 22.6. The van der Waals surface area contributed by atoms with E-state index in [1.807, 2.05) is 0 Å². The van der Waals surface area contributed by atoms with Crippen LogP contribution in [0.25, 0.3) is 0 Å². The fourth-order valence-electron chi connectivity index (χ4n) is 8.23. The summed E-state index contributed by atoms with van der Waals surface area (Å²) in [6, 6.07) is 0. The van der Waals surface area contributed by atoms with Gasteiger partial charge in [0.15, 0.2) is 0 Å². The first-order chi connectivity index (χ1) is 15.4. The first-order valence-electron chi connectivity index (χ1n) is 12.7. The second-order valence-electron chi connectivity index (χ2n) is 11.6. The molecule has 8 atom stereocenters. The highest BCUT2D eigenvalue weighted by atomic mass is 19.1. The normalized spacial score (nSPS) is 49.4. The quantitative estimate of drug-likeness (QED) is 0.637. The van der Waals surface area contributed by atoms with Crippen LogP contribution >= 0.6 is 0 Å². The molecule has 0 spiro atoms. The third-order valence-corrected chi connectivity index (χ3v) is 10.1. The minimum Gasteiger partial charge on any atom is -0.399 e. The molecular weight excluding hydrogens is 409 g/mol. The van der Waals surface area contributed by atoms with Crippen molar-refractivity contribution in [1.82, 2.24) is 5.32 Å². The van der Waals surface area contributed by atoms with Gasteiger partial charge in [-0.25, -0.2) is 4.39 Å². The van der Waals surface area contributed by atoms with Crippen molar-refractivity contribution in [3.63, 3.8) is 0 Å².